The average Bonchev–Trinajstić information content (AvgIpc) is 2.38. The van der Waals surface area contributed by atoms with Gasteiger partial charge in [-0.2, -0.15) is 0 Å². The molecule has 0 fully saturated rings. The quantitative estimate of drug-likeness (QED) is 0.803. The van der Waals surface area contributed by atoms with E-state index in [0.29, 0.717) is 39.5 Å². The number of rotatable bonds is 4. The number of hydrogen-bond donors (Lipinski definition) is 2. The molecule has 0 unspecified atom stereocenters. The van der Waals surface area contributed by atoms with E-state index in [1.807, 2.05) is 25.1 Å². The fraction of sp³-hybridized carbons (Fsp3) is 0.143. The van der Waals surface area contributed by atoms with Crippen molar-refractivity contribution in [2.45, 2.75) is 6.92 Å². The van der Waals surface area contributed by atoms with Crippen LogP contribution < -0.4 is 15.8 Å². The molecule has 0 atom stereocenters. The normalized spacial score (nSPS) is 10.3. The van der Waals surface area contributed by atoms with E-state index in [1.54, 1.807) is 18.2 Å². The number of halogens is 2. The molecule has 2 aromatic rings. The van der Waals surface area contributed by atoms with Crippen molar-refractivity contribution in [1.82, 2.24) is 0 Å². The molecule has 100 valence electrons. The SMILES string of the molecule is CCOc1cccc(Nc2c(Cl)cccc2Cl)c1N. The van der Waals surface area contributed by atoms with Gasteiger partial charge in [-0.05, 0) is 31.2 Å². The molecule has 0 spiro atoms. The van der Waals surface area contributed by atoms with E-state index in [-0.39, 0.29) is 0 Å². The molecule has 0 saturated heterocycles. The van der Waals surface area contributed by atoms with E-state index >= 15 is 0 Å². The van der Waals surface area contributed by atoms with Crippen LogP contribution in [0.2, 0.25) is 10.0 Å². The molecule has 0 aliphatic rings. The van der Waals surface area contributed by atoms with Crippen molar-refractivity contribution in [1.29, 1.82) is 0 Å². The van der Waals surface area contributed by atoms with Crippen LogP contribution in [0, 0.1) is 0 Å². The third-order valence-electron chi connectivity index (χ3n) is 2.59. The van der Waals surface area contributed by atoms with Crippen molar-refractivity contribution in [3.63, 3.8) is 0 Å². The van der Waals surface area contributed by atoms with Crippen molar-refractivity contribution in [2.75, 3.05) is 17.7 Å². The Morgan fingerprint density at radius 1 is 1.11 bits per heavy atom. The van der Waals surface area contributed by atoms with Gasteiger partial charge in [-0.25, -0.2) is 0 Å². The second-order valence-electron chi connectivity index (χ2n) is 3.87. The Morgan fingerprint density at radius 2 is 1.74 bits per heavy atom. The molecule has 0 amide bonds. The van der Waals surface area contributed by atoms with E-state index in [2.05, 4.69) is 5.32 Å². The number of nitrogens with one attached hydrogen (secondary N) is 1. The number of nitrogens with two attached hydrogens (primary N) is 1. The summed E-state index contributed by atoms with van der Waals surface area (Å²) in [6.07, 6.45) is 0. The van der Waals surface area contributed by atoms with Gasteiger partial charge >= 0.3 is 0 Å². The van der Waals surface area contributed by atoms with Gasteiger partial charge in [-0.1, -0.05) is 35.3 Å². The van der Waals surface area contributed by atoms with Crippen LogP contribution in [0.5, 0.6) is 5.75 Å². The smallest absolute Gasteiger partial charge is 0.144 e. The van der Waals surface area contributed by atoms with Gasteiger partial charge in [0.2, 0.25) is 0 Å². The predicted octanol–water partition coefficient (Wildman–Crippen LogP) is 4.72. The van der Waals surface area contributed by atoms with E-state index < -0.39 is 0 Å². The van der Waals surface area contributed by atoms with Gasteiger partial charge in [-0.3, -0.25) is 0 Å². The fourth-order valence-corrected chi connectivity index (χ4v) is 2.18. The van der Waals surface area contributed by atoms with Crippen LogP contribution in [0.4, 0.5) is 17.1 Å². The Kier molecular flexibility index (Phi) is 4.40. The van der Waals surface area contributed by atoms with E-state index in [0.717, 1.165) is 0 Å². The average molecular weight is 297 g/mol. The molecule has 0 heterocycles. The van der Waals surface area contributed by atoms with Crippen molar-refractivity contribution >= 4 is 40.3 Å². The van der Waals surface area contributed by atoms with Gasteiger partial charge in [-0.15, -0.1) is 0 Å². The Bertz CT molecular complexity index is 567. The highest BCUT2D eigenvalue weighted by atomic mass is 35.5. The first kappa shape index (κ1) is 13.8. The van der Waals surface area contributed by atoms with Gasteiger partial charge in [0.05, 0.1) is 33.7 Å². The molecule has 3 nitrogen and oxygen atoms in total. The van der Waals surface area contributed by atoms with Gasteiger partial charge < -0.3 is 15.8 Å². The first-order valence-electron chi connectivity index (χ1n) is 5.85. The molecule has 0 radical (unpaired) electrons. The molecular formula is C14H14Cl2N2O. The number of ether oxygens (including phenoxy) is 1. The summed E-state index contributed by atoms with van der Waals surface area (Å²) in [4.78, 5) is 0. The zero-order valence-corrected chi connectivity index (χ0v) is 11.9. The van der Waals surface area contributed by atoms with Crippen LogP contribution >= 0.6 is 23.2 Å². The predicted molar refractivity (Wildman–Crippen MR) is 81.8 cm³/mol. The summed E-state index contributed by atoms with van der Waals surface area (Å²) in [5.41, 5.74) is 7.91. The lowest BCUT2D eigenvalue weighted by molar-refractivity contribution is 0.342. The highest BCUT2D eigenvalue weighted by Gasteiger charge is 2.10. The lowest BCUT2D eigenvalue weighted by Gasteiger charge is -2.14. The number of nitrogen functional groups attached to an aromatic ring is 1. The number of hydrogen-bond acceptors (Lipinski definition) is 3. The van der Waals surface area contributed by atoms with Crippen molar-refractivity contribution in [2.24, 2.45) is 0 Å². The maximum atomic E-state index is 6.11. The molecule has 0 aliphatic carbocycles. The van der Waals surface area contributed by atoms with Crippen LogP contribution in [-0.2, 0) is 0 Å². The minimum Gasteiger partial charge on any atom is -0.492 e. The monoisotopic (exact) mass is 296 g/mol. The zero-order chi connectivity index (χ0) is 13.8. The van der Waals surface area contributed by atoms with E-state index in [4.69, 9.17) is 33.7 Å². The first-order valence-corrected chi connectivity index (χ1v) is 6.61. The third kappa shape index (κ3) is 3.06. The lowest BCUT2D eigenvalue weighted by Crippen LogP contribution is -2.01. The van der Waals surface area contributed by atoms with Crippen LogP contribution in [0.1, 0.15) is 6.92 Å². The molecule has 19 heavy (non-hydrogen) atoms. The molecule has 2 aromatic carbocycles. The summed E-state index contributed by atoms with van der Waals surface area (Å²) in [6, 6.07) is 10.8. The maximum absolute atomic E-state index is 6.11. The summed E-state index contributed by atoms with van der Waals surface area (Å²) < 4.78 is 5.44. The number of benzene rings is 2. The molecule has 0 aliphatic heterocycles. The van der Waals surface area contributed by atoms with Gasteiger partial charge in [0, 0.05) is 0 Å². The Hall–Kier alpha value is -1.58. The number of para-hydroxylation sites is 2. The van der Waals surface area contributed by atoms with Crippen LogP contribution in [0.3, 0.4) is 0 Å². The minimum absolute atomic E-state index is 0.528. The molecular weight excluding hydrogens is 283 g/mol. The van der Waals surface area contributed by atoms with Gasteiger partial charge in [0.15, 0.2) is 0 Å². The lowest BCUT2D eigenvalue weighted by atomic mass is 10.2. The fourth-order valence-electron chi connectivity index (χ4n) is 1.69. The summed E-state index contributed by atoms with van der Waals surface area (Å²) in [5.74, 6) is 0.635. The van der Waals surface area contributed by atoms with Gasteiger partial charge in [0.1, 0.15) is 5.75 Å². The highest BCUT2D eigenvalue weighted by Crippen LogP contribution is 2.36. The Morgan fingerprint density at radius 3 is 2.37 bits per heavy atom. The van der Waals surface area contributed by atoms with Crippen molar-refractivity contribution in [3.8, 4) is 5.75 Å². The second-order valence-corrected chi connectivity index (χ2v) is 4.69. The Labute approximate surface area is 122 Å². The molecule has 0 aromatic heterocycles. The van der Waals surface area contributed by atoms with Gasteiger partial charge in [0.25, 0.3) is 0 Å². The molecule has 0 bridgehead atoms. The summed E-state index contributed by atoms with van der Waals surface area (Å²) in [7, 11) is 0. The zero-order valence-electron chi connectivity index (χ0n) is 10.4. The first-order chi connectivity index (χ1) is 9.13. The highest BCUT2D eigenvalue weighted by molar-refractivity contribution is 6.39. The van der Waals surface area contributed by atoms with Crippen molar-refractivity contribution < 1.29 is 4.74 Å². The number of anilines is 3. The van der Waals surface area contributed by atoms with Crippen LogP contribution in [0.25, 0.3) is 0 Å². The van der Waals surface area contributed by atoms with E-state index in [1.165, 1.54) is 0 Å². The molecule has 5 heteroatoms. The van der Waals surface area contributed by atoms with Crippen molar-refractivity contribution in [3.05, 3.63) is 46.4 Å². The summed E-state index contributed by atoms with van der Waals surface area (Å²) >= 11 is 12.2. The Balaban J connectivity index is 2.36. The third-order valence-corrected chi connectivity index (χ3v) is 3.22. The standard InChI is InChI=1S/C14H14Cl2N2O/c1-2-19-12-8-4-7-11(13(12)17)18-14-9(15)5-3-6-10(14)16/h3-8,18H,2,17H2,1H3. The topological polar surface area (TPSA) is 47.3 Å². The minimum atomic E-state index is 0.528. The summed E-state index contributed by atoms with van der Waals surface area (Å²) in [6.45, 7) is 2.46. The molecule has 3 N–H and O–H groups in total. The second kappa shape index (κ2) is 6.04. The molecule has 0 saturated carbocycles. The van der Waals surface area contributed by atoms with E-state index in [9.17, 15) is 0 Å². The molecule has 2 rings (SSSR count). The van der Waals surface area contributed by atoms with Crippen LogP contribution in [0.15, 0.2) is 36.4 Å². The summed E-state index contributed by atoms with van der Waals surface area (Å²) in [5, 5.41) is 4.21. The van der Waals surface area contributed by atoms with Crippen LogP contribution in [-0.4, -0.2) is 6.61 Å². The largest absolute Gasteiger partial charge is 0.492 e. The maximum Gasteiger partial charge on any atom is 0.144 e.